The molecule has 4 nitrogen and oxygen atoms in total. The van der Waals surface area contributed by atoms with E-state index in [0.717, 1.165) is 19.3 Å². The van der Waals surface area contributed by atoms with Crippen molar-refractivity contribution in [1.29, 1.82) is 0 Å². The quantitative estimate of drug-likeness (QED) is 0.421. The van der Waals surface area contributed by atoms with E-state index in [-0.39, 0.29) is 12.1 Å². The van der Waals surface area contributed by atoms with Crippen LogP contribution in [0.5, 0.6) is 0 Å². The van der Waals surface area contributed by atoms with E-state index < -0.39 is 40.7 Å². The van der Waals surface area contributed by atoms with Gasteiger partial charge in [-0.1, -0.05) is 32.1 Å². The van der Waals surface area contributed by atoms with E-state index >= 15 is 0 Å². The zero-order valence-corrected chi connectivity index (χ0v) is 18.9. The maximum absolute atomic E-state index is 14.4. The van der Waals surface area contributed by atoms with Crippen molar-refractivity contribution in [2.45, 2.75) is 69.9 Å². The molecule has 4 atom stereocenters. The Morgan fingerprint density at radius 3 is 2.50 bits per heavy atom. The third-order valence-corrected chi connectivity index (χ3v) is 8.00. The number of hydrogen-bond acceptors (Lipinski definition) is 4. The van der Waals surface area contributed by atoms with Crippen LogP contribution in [0.15, 0.2) is 18.2 Å². The molecule has 3 fully saturated rings. The summed E-state index contributed by atoms with van der Waals surface area (Å²) in [5, 5.41) is 8.05. The van der Waals surface area contributed by atoms with Gasteiger partial charge in [0, 0.05) is 35.8 Å². The molecule has 0 spiro atoms. The minimum absolute atomic E-state index is 0.135. The number of fused-ring (bicyclic) bond motifs is 1. The van der Waals surface area contributed by atoms with Crippen molar-refractivity contribution < 1.29 is 22.0 Å². The van der Waals surface area contributed by atoms with Crippen molar-refractivity contribution in [1.82, 2.24) is 10.2 Å². The summed E-state index contributed by atoms with van der Waals surface area (Å²) in [5.74, 6) is -2.32. The normalized spacial score (nSPS) is 27.6. The van der Waals surface area contributed by atoms with Gasteiger partial charge < -0.3 is 10.6 Å². The lowest BCUT2D eigenvalue weighted by molar-refractivity contribution is 0.151. The van der Waals surface area contributed by atoms with Crippen LogP contribution in [0.2, 0.25) is 0 Å². The lowest BCUT2D eigenvalue weighted by Crippen LogP contribution is -2.37. The zero-order chi connectivity index (χ0) is 24.0. The van der Waals surface area contributed by atoms with Gasteiger partial charge in [0.1, 0.15) is 11.5 Å². The molecule has 1 aromatic heterocycles. The summed E-state index contributed by atoms with van der Waals surface area (Å²) in [6.45, 7) is 0.662. The molecular weight excluding hydrogens is 451 g/mol. The van der Waals surface area contributed by atoms with Crippen molar-refractivity contribution in [3.8, 4) is 11.3 Å². The molecule has 2 saturated carbocycles. The van der Waals surface area contributed by atoms with Crippen LogP contribution in [0.3, 0.4) is 0 Å². The topological polar surface area (TPSA) is 55.0 Å². The average Bonchev–Trinajstić information content (AvgIpc) is 3.33. The first-order valence-corrected chi connectivity index (χ1v) is 12.1. The van der Waals surface area contributed by atoms with Crippen LogP contribution in [-0.4, -0.2) is 28.8 Å². The Balaban J connectivity index is 1.50. The molecular formula is C25H29F5N4. The van der Waals surface area contributed by atoms with Crippen LogP contribution in [0.25, 0.3) is 11.3 Å². The molecule has 1 aliphatic heterocycles. The molecule has 0 amide bonds. The van der Waals surface area contributed by atoms with Crippen LogP contribution < -0.4 is 10.6 Å². The summed E-state index contributed by atoms with van der Waals surface area (Å²) >= 11 is 0. The second-order valence-electron chi connectivity index (χ2n) is 10.2. The minimum atomic E-state index is -3.01. The molecule has 0 radical (unpaired) electrons. The van der Waals surface area contributed by atoms with E-state index in [9.17, 15) is 22.0 Å². The standard InChI is InChI=1S/C25H29F5N4/c26-15-8-18(23(28)20(27)9-15)24-19(25(29)30)11-22(32-33-24)34-12-14-7-16(31)10-17(14)21(34)6-13-4-2-1-3-5-13/h8-9,11,13-14,16-17,21,25H,1-7,10,12,31H2/t14-,16+,17+,21+/m1/s1. The average molecular weight is 481 g/mol. The zero-order valence-electron chi connectivity index (χ0n) is 18.9. The lowest BCUT2D eigenvalue weighted by Gasteiger charge is -2.33. The number of rotatable bonds is 5. The number of nitrogens with two attached hydrogens (primary N) is 1. The summed E-state index contributed by atoms with van der Waals surface area (Å²) in [5.41, 5.74) is 4.47. The Kier molecular flexibility index (Phi) is 6.48. The first-order valence-electron chi connectivity index (χ1n) is 12.1. The van der Waals surface area contributed by atoms with Gasteiger partial charge in [0.25, 0.3) is 6.43 Å². The fourth-order valence-electron chi connectivity index (χ4n) is 6.47. The molecule has 34 heavy (non-hydrogen) atoms. The molecule has 2 aliphatic carbocycles. The summed E-state index contributed by atoms with van der Waals surface area (Å²) in [4.78, 5) is 2.07. The lowest BCUT2D eigenvalue weighted by atomic mass is 9.81. The third kappa shape index (κ3) is 4.39. The summed E-state index contributed by atoms with van der Waals surface area (Å²) in [6, 6.07) is 2.54. The van der Waals surface area contributed by atoms with Crippen molar-refractivity contribution in [2.24, 2.45) is 23.5 Å². The minimum Gasteiger partial charge on any atom is -0.352 e. The van der Waals surface area contributed by atoms with Crippen molar-refractivity contribution in [3.63, 3.8) is 0 Å². The van der Waals surface area contributed by atoms with Gasteiger partial charge in [0.05, 0.1) is 0 Å². The molecule has 9 heteroatoms. The fourth-order valence-corrected chi connectivity index (χ4v) is 6.47. The van der Waals surface area contributed by atoms with Crippen LogP contribution in [-0.2, 0) is 0 Å². The van der Waals surface area contributed by atoms with Gasteiger partial charge in [0.2, 0.25) is 0 Å². The van der Waals surface area contributed by atoms with E-state index in [4.69, 9.17) is 5.73 Å². The van der Waals surface area contributed by atoms with Crippen LogP contribution in [0.4, 0.5) is 27.8 Å². The summed E-state index contributed by atoms with van der Waals surface area (Å²) in [6.07, 6.45) is 5.77. The van der Waals surface area contributed by atoms with Crippen molar-refractivity contribution in [3.05, 3.63) is 41.2 Å². The monoisotopic (exact) mass is 480 g/mol. The molecule has 1 saturated heterocycles. The number of anilines is 1. The van der Waals surface area contributed by atoms with Gasteiger partial charge in [-0.25, -0.2) is 22.0 Å². The molecule has 5 rings (SSSR count). The Morgan fingerprint density at radius 2 is 1.76 bits per heavy atom. The van der Waals surface area contributed by atoms with Gasteiger partial charge in [-0.15, -0.1) is 10.2 Å². The van der Waals surface area contributed by atoms with Gasteiger partial charge >= 0.3 is 0 Å². The first kappa shape index (κ1) is 23.5. The molecule has 2 N–H and O–H groups in total. The predicted octanol–water partition coefficient (Wildman–Crippen LogP) is 6.01. The Hall–Kier alpha value is -2.29. The smallest absolute Gasteiger partial charge is 0.266 e. The van der Waals surface area contributed by atoms with Gasteiger partial charge in [-0.05, 0) is 49.1 Å². The van der Waals surface area contributed by atoms with Gasteiger partial charge in [-0.3, -0.25) is 0 Å². The highest BCUT2D eigenvalue weighted by atomic mass is 19.3. The predicted molar refractivity (Wildman–Crippen MR) is 119 cm³/mol. The number of alkyl halides is 2. The number of benzene rings is 1. The molecule has 184 valence electrons. The third-order valence-electron chi connectivity index (χ3n) is 8.00. The van der Waals surface area contributed by atoms with Gasteiger partial charge in [-0.2, -0.15) is 0 Å². The summed E-state index contributed by atoms with van der Waals surface area (Å²) in [7, 11) is 0. The first-order chi connectivity index (χ1) is 16.3. The molecule has 3 aliphatic rings. The maximum Gasteiger partial charge on any atom is 0.266 e. The second-order valence-corrected chi connectivity index (χ2v) is 10.2. The Bertz CT molecular complexity index is 1040. The highest BCUT2D eigenvalue weighted by Crippen LogP contribution is 2.47. The second kappa shape index (κ2) is 9.40. The van der Waals surface area contributed by atoms with E-state index in [0.29, 0.717) is 42.2 Å². The molecule has 2 heterocycles. The maximum atomic E-state index is 14.4. The van der Waals surface area contributed by atoms with Crippen LogP contribution in [0.1, 0.15) is 63.4 Å². The van der Waals surface area contributed by atoms with E-state index in [1.54, 1.807) is 0 Å². The van der Waals surface area contributed by atoms with E-state index in [1.165, 1.54) is 38.2 Å². The van der Waals surface area contributed by atoms with Crippen LogP contribution in [0, 0.1) is 35.2 Å². The molecule has 0 unspecified atom stereocenters. The SMILES string of the molecule is N[C@H]1C[C@@H]2CN(c3cc(C(F)F)c(-c4cc(F)cc(F)c4F)nn3)[C@@H](CC3CCCCC3)[C@H]2C1. The molecule has 1 aromatic carbocycles. The number of nitrogens with zero attached hydrogens (tertiary/aromatic N) is 3. The van der Waals surface area contributed by atoms with E-state index in [2.05, 4.69) is 15.1 Å². The Labute approximate surface area is 195 Å². The Morgan fingerprint density at radius 1 is 1.00 bits per heavy atom. The van der Waals surface area contributed by atoms with Crippen LogP contribution >= 0.6 is 0 Å². The van der Waals surface area contributed by atoms with E-state index in [1.807, 2.05) is 0 Å². The highest BCUT2D eigenvalue weighted by Gasteiger charge is 2.47. The largest absolute Gasteiger partial charge is 0.352 e. The van der Waals surface area contributed by atoms with Crippen molar-refractivity contribution in [2.75, 3.05) is 11.4 Å². The number of aromatic nitrogens is 2. The molecule has 2 aromatic rings. The molecule has 0 bridgehead atoms. The number of halogens is 5. The van der Waals surface area contributed by atoms with Gasteiger partial charge in [0.15, 0.2) is 17.5 Å². The highest BCUT2D eigenvalue weighted by molar-refractivity contribution is 5.66. The summed E-state index contributed by atoms with van der Waals surface area (Å²) < 4.78 is 69.9. The fraction of sp³-hybridized carbons (Fsp3) is 0.600. The van der Waals surface area contributed by atoms with Crippen molar-refractivity contribution >= 4 is 5.82 Å². The number of hydrogen-bond donors (Lipinski definition) is 1.